The smallest absolute Gasteiger partial charge is 0.313 e. The van der Waals surface area contributed by atoms with Crippen LogP contribution in [0.25, 0.3) is 0 Å². The maximum absolute atomic E-state index is 11.5. The van der Waals surface area contributed by atoms with Gasteiger partial charge in [0.15, 0.2) is 5.12 Å². The number of ketones is 1. The van der Waals surface area contributed by atoms with Crippen molar-refractivity contribution in [2.75, 3.05) is 12.9 Å². The van der Waals surface area contributed by atoms with E-state index in [2.05, 4.69) is 4.74 Å². The van der Waals surface area contributed by atoms with E-state index in [1.165, 1.54) is 14.0 Å². The molecule has 1 N–H and O–H groups in total. The Hall–Kier alpha value is -1.37. The molecule has 0 bridgehead atoms. The van der Waals surface area contributed by atoms with E-state index in [1.807, 2.05) is 0 Å². The molecule has 0 aliphatic heterocycles. The van der Waals surface area contributed by atoms with Crippen molar-refractivity contribution in [1.29, 1.82) is 0 Å². The minimum Gasteiger partial charge on any atom is -0.481 e. The summed E-state index contributed by atoms with van der Waals surface area (Å²) in [4.78, 5) is 44.6. The van der Waals surface area contributed by atoms with Crippen molar-refractivity contribution < 1.29 is 29.0 Å². The van der Waals surface area contributed by atoms with E-state index in [4.69, 9.17) is 5.11 Å². The molecule has 0 aromatic rings. The Balaban J connectivity index is 4.42. The molecule has 0 spiro atoms. The van der Waals surface area contributed by atoms with Gasteiger partial charge in [-0.15, -0.1) is 0 Å². The molecule has 0 aliphatic rings. The minimum absolute atomic E-state index is 0.0370. The zero-order chi connectivity index (χ0) is 15.0. The van der Waals surface area contributed by atoms with Crippen molar-refractivity contribution in [3.05, 3.63) is 0 Å². The molecule has 0 fully saturated rings. The molecule has 2 atom stereocenters. The van der Waals surface area contributed by atoms with Crippen molar-refractivity contribution >= 4 is 34.6 Å². The molecule has 19 heavy (non-hydrogen) atoms. The number of aliphatic carboxylic acids is 1. The zero-order valence-corrected chi connectivity index (χ0v) is 12.0. The fourth-order valence-electron chi connectivity index (χ4n) is 1.49. The monoisotopic (exact) mass is 290 g/mol. The standard InChI is InChI=1S/C12H18O6S/c1-7(8(2)13)9(12(17)18-3)4-5-11(16)19-6-10(14)15/h7,9H,4-6H2,1-3H3,(H,14,15). The van der Waals surface area contributed by atoms with Gasteiger partial charge in [0.25, 0.3) is 0 Å². The van der Waals surface area contributed by atoms with Crippen LogP contribution in [0.1, 0.15) is 26.7 Å². The molecule has 0 saturated heterocycles. The summed E-state index contributed by atoms with van der Waals surface area (Å²) in [6.07, 6.45) is 0.216. The Morgan fingerprint density at radius 1 is 1.26 bits per heavy atom. The fourth-order valence-corrected chi connectivity index (χ4v) is 2.04. The number of hydrogen-bond donors (Lipinski definition) is 1. The third-order valence-electron chi connectivity index (χ3n) is 2.76. The molecule has 2 unspecified atom stereocenters. The highest BCUT2D eigenvalue weighted by Gasteiger charge is 2.29. The van der Waals surface area contributed by atoms with Gasteiger partial charge >= 0.3 is 11.9 Å². The van der Waals surface area contributed by atoms with Crippen LogP contribution in [0.3, 0.4) is 0 Å². The van der Waals surface area contributed by atoms with Crippen LogP contribution >= 0.6 is 11.8 Å². The number of hydrogen-bond acceptors (Lipinski definition) is 6. The lowest BCUT2D eigenvalue weighted by molar-refractivity contribution is -0.149. The molecule has 108 valence electrons. The molecule has 0 aromatic carbocycles. The molecule has 0 heterocycles. The molecule has 6 nitrogen and oxygen atoms in total. The largest absolute Gasteiger partial charge is 0.481 e. The number of rotatable bonds is 8. The van der Waals surface area contributed by atoms with Crippen molar-refractivity contribution in [1.82, 2.24) is 0 Å². The molecule has 0 aromatic heterocycles. The maximum atomic E-state index is 11.5. The predicted molar refractivity (Wildman–Crippen MR) is 69.7 cm³/mol. The first kappa shape index (κ1) is 17.6. The van der Waals surface area contributed by atoms with Crippen LogP contribution in [0, 0.1) is 11.8 Å². The summed E-state index contributed by atoms with van der Waals surface area (Å²) >= 11 is 0.690. The number of thioether (sulfide) groups is 1. The van der Waals surface area contributed by atoms with E-state index in [-0.39, 0.29) is 29.5 Å². The van der Waals surface area contributed by atoms with Crippen molar-refractivity contribution in [2.45, 2.75) is 26.7 Å². The minimum atomic E-state index is -1.07. The third kappa shape index (κ3) is 6.95. The Morgan fingerprint density at radius 2 is 1.84 bits per heavy atom. The first-order valence-electron chi connectivity index (χ1n) is 5.75. The SMILES string of the molecule is COC(=O)C(CCC(=O)SCC(=O)O)C(C)C(C)=O. The number of carboxylic acids is 1. The summed E-state index contributed by atoms with van der Waals surface area (Å²) in [6, 6.07) is 0. The van der Waals surface area contributed by atoms with Gasteiger partial charge in [0, 0.05) is 12.3 Å². The molecule has 0 radical (unpaired) electrons. The van der Waals surface area contributed by atoms with Crippen LogP contribution in [0.2, 0.25) is 0 Å². The summed E-state index contributed by atoms with van der Waals surface area (Å²) in [5.41, 5.74) is 0. The Morgan fingerprint density at radius 3 is 2.26 bits per heavy atom. The first-order chi connectivity index (χ1) is 8.79. The number of methoxy groups -OCH3 is 1. The number of Topliss-reactive ketones (excluding diaryl/α,β-unsaturated/α-hetero) is 1. The van der Waals surface area contributed by atoms with E-state index in [1.54, 1.807) is 6.92 Å². The highest BCUT2D eigenvalue weighted by molar-refractivity contribution is 8.14. The van der Waals surface area contributed by atoms with E-state index in [0.29, 0.717) is 11.8 Å². The second-order valence-corrected chi connectivity index (χ2v) is 5.15. The van der Waals surface area contributed by atoms with Crippen molar-refractivity contribution in [3.63, 3.8) is 0 Å². The van der Waals surface area contributed by atoms with Gasteiger partial charge < -0.3 is 9.84 Å². The van der Waals surface area contributed by atoms with E-state index >= 15 is 0 Å². The number of carbonyl (C=O) groups is 4. The van der Waals surface area contributed by atoms with Gasteiger partial charge in [-0.05, 0) is 13.3 Å². The van der Waals surface area contributed by atoms with Gasteiger partial charge in [-0.3, -0.25) is 19.2 Å². The molecular formula is C12H18O6S. The second kappa shape index (κ2) is 8.68. The predicted octanol–water partition coefficient (Wildman–Crippen LogP) is 1.13. The lowest BCUT2D eigenvalue weighted by atomic mass is 9.87. The average Bonchev–Trinajstić information content (AvgIpc) is 2.35. The fraction of sp³-hybridized carbons (Fsp3) is 0.667. The van der Waals surface area contributed by atoms with Crippen LogP contribution in [0.4, 0.5) is 0 Å². The lowest BCUT2D eigenvalue weighted by Crippen LogP contribution is -2.28. The summed E-state index contributed by atoms with van der Waals surface area (Å²) in [7, 11) is 1.23. The summed E-state index contributed by atoms with van der Waals surface area (Å²) < 4.78 is 4.61. The number of esters is 1. The average molecular weight is 290 g/mol. The highest BCUT2D eigenvalue weighted by Crippen LogP contribution is 2.22. The van der Waals surface area contributed by atoms with E-state index in [0.717, 1.165) is 0 Å². The Kier molecular flexibility index (Phi) is 8.06. The Bertz CT molecular complexity index is 365. The van der Waals surface area contributed by atoms with Gasteiger partial charge in [0.1, 0.15) is 5.78 Å². The topological polar surface area (TPSA) is 97.7 Å². The zero-order valence-electron chi connectivity index (χ0n) is 11.2. The second-order valence-electron chi connectivity index (χ2n) is 4.12. The van der Waals surface area contributed by atoms with Gasteiger partial charge in [-0.2, -0.15) is 0 Å². The summed E-state index contributed by atoms with van der Waals surface area (Å²) in [6.45, 7) is 2.99. The molecule has 7 heteroatoms. The van der Waals surface area contributed by atoms with Crippen LogP contribution in [0.15, 0.2) is 0 Å². The first-order valence-corrected chi connectivity index (χ1v) is 6.73. The highest BCUT2D eigenvalue weighted by atomic mass is 32.2. The molecule has 0 rings (SSSR count). The quantitative estimate of drug-likeness (QED) is 0.669. The van der Waals surface area contributed by atoms with Gasteiger partial charge in [-0.1, -0.05) is 18.7 Å². The van der Waals surface area contributed by atoms with E-state index < -0.39 is 23.8 Å². The summed E-state index contributed by atoms with van der Waals surface area (Å²) in [5, 5.41) is 8.12. The van der Waals surface area contributed by atoms with Crippen LogP contribution in [-0.4, -0.2) is 40.8 Å². The van der Waals surface area contributed by atoms with Crippen LogP contribution in [0.5, 0.6) is 0 Å². The number of carboxylic acid groups (broad SMARTS) is 1. The number of ether oxygens (including phenoxy) is 1. The van der Waals surface area contributed by atoms with Gasteiger partial charge in [0.2, 0.25) is 0 Å². The third-order valence-corrected chi connectivity index (χ3v) is 3.68. The normalized spacial score (nSPS) is 13.4. The molecular weight excluding hydrogens is 272 g/mol. The van der Waals surface area contributed by atoms with E-state index in [9.17, 15) is 19.2 Å². The van der Waals surface area contributed by atoms with Crippen molar-refractivity contribution in [3.8, 4) is 0 Å². The number of carbonyl (C=O) groups excluding carboxylic acids is 3. The van der Waals surface area contributed by atoms with Gasteiger partial charge in [-0.25, -0.2) is 0 Å². The summed E-state index contributed by atoms with van der Waals surface area (Å²) in [5.74, 6) is -3.24. The molecule has 0 aliphatic carbocycles. The van der Waals surface area contributed by atoms with Gasteiger partial charge in [0.05, 0.1) is 18.8 Å². The lowest BCUT2D eigenvalue weighted by Gasteiger charge is -2.18. The van der Waals surface area contributed by atoms with Crippen LogP contribution in [-0.2, 0) is 23.9 Å². The van der Waals surface area contributed by atoms with Crippen molar-refractivity contribution in [2.24, 2.45) is 11.8 Å². The molecule has 0 saturated carbocycles. The van der Waals surface area contributed by atoms with Crippen LogP contribution < -0.4 is 0 Å². The Labute approximate surface area is 115 Å². The maximum Gasteiger partial charge on any atom is 0.313 e. The molecule has 0 amide bonds.